The van der Waals surface area contributed by atoms with Crippen molar-refractivity contribution in [3.8, 4) is 34.0 Å². The highest BCUT2D eigenvalue weighted by Crippen LogP contribution is 2.38. The Morgan fingerprint density at radius 1 is 0.609 bits per heavy atom. The van der Waals surface area contributed by atoms with Crippen molar-refractivity contribution < 1.29 is 13.6 Å². The van der Waals surface area contributed by atoms with Gasteiger partial charge in [-0.15, -0.1) is 0 Å². The van der Waals surface area contributed by atoms with Crippen molar-refractivity contribution in [2.45, 2.75) is 39.2 Å². The molecule has 0 atom stereocenters. The van der Waals surface area contributed by atoms with E-state index in [0.717, 1.165) is 64.4 Å². The van der Waals surface area contributed by atoms with Gasteiger partial charge in [0, 0.05) is 33.8 Å². The van der Waals surface area contributed by atoms with Gasteiger partial charge in [-0.1, -0.05) is 62.6 Å². The van der Waals surface area contributed by atoms with Gasteiger partial charge in [0.1, 0.15) is 28.3 Å². The van der Waals surface area contributed by atoms with Gasteiger partial charge in [-0.05, 0) is 91.3 Å². The maximum Gasteiger partial charge on any atom is 0.185 e. The molecule has 0 aliphatic rings. The molecule has 0 fully saturated rings. The summed E-state index contributed by atoms with van der Waals surface area (Å²) in [4.78, 5) is 15.3. The number of para-hydroxylation sites is 2. The maximum atomic E-state index is 11.3. The molecule has 0 radical (unpaired) electrons. The average Bonchev–Trinajstić information content (AvgIpc) is 3.88. The number of carbonyl (C=O) groups is 1. The van der Waals surface area contributed by atoms with E-state index in [1.165, 1.54) is 12.8 Å². The van der Waals surface area contributed by atoms with Crippen molar-refractivity contribution in [2.24, 2.45) is 0 Å². The number of rotatable bonds is 12. The molecule has 0 unspecified atom stereocenters. The number of unbranched alkanes of at least 4 members (excludes halogenated alkanes) is 3. The molecule has 0 saturated carbocycles. The number of benzene rings is 4. The minimum absolute atomic E-state index is 0.275. The van der Waals surface area contributed by atoms with E-state index in [-0.39, 0.29) is 5.76 Å². The number of aryl methyl sites for hydroxylation is 1. The van der Waals surface area contributed by atoms with Crippen molar-refractivity contribution >= 4 is 34.4 Å². The van der Waals surface area contributed by atoms with Crippen LogP contribution in [0, 0.1) is 0 Å². The van der Waals surface area contributed by atoms with Crippen molar-refractivity contribution in [3.05, 3.63) is 127 Å². The molecule has 0 bridgehead atoms. The van der Waals surface area contributed by atoms with E-state index in [4.69, 9.17) is 19.0 Å². The molecular formula is C39H34N4O3. The summed E-state index contributed by atoms with van der Waals surface area (Å²) in [6.07, 6.45) is 5.19. The first kappa shape index (κ1) is 29.0. The number of anilines is 3. The molecule has 0 aliphatic heterocycles. The van der Waals surface area contributed by atoms with Crippen LogP contribution in [0.2, 0.25) is 0 Å². The number of aromatic nitrogens is 3. The highest BCUT2D eigenvalue weighted by atomic mass is 16.3. The van der Waals surface area contributed by atoms with Crippen LogP contribution >= 0.6 is 0 Å². The maximum absolute atomic E-state index is 11.3. The van der Waals surface area contributed by atoms with Crippen LogP contribution in [0.4, 0.5) is 17.1 Å². The summed E-state index contributed by atoms with van der Waals surface area (Å²) in [6.45, 7) is 2.93. The molecule has 228 valence electrons. The molecule has 3 heterocycles. The Labute approximate surface area is 267 Å². The number of nitrogens with zero attached hydrogens (tertiary/aromatic N) is 4. The Hall–Kier alpha value is -5.69. The van der Waals surface area contributed by atoms with Gasteiger partial charge in [0.15, 0.2) is 12.0 Å². The van der Waals surface area contributed by atoms with Crippen molar-refractivity contribution in [3.63, 3.8) is 0 Å². The first-order valence-corrected chi connectivity index (χ1v) is 15.8. The van der Waals surface area contributed by atoms with Crippen molar-refractivity contribution in [1.29, 1.82) is 0 Å². The monoisotopic (exact) mass is 606 g/mol. The predicted octanol–water partition coefficient (Wildman–Crippen LogP) is 10.5. The van der Waals surface area contributed by atoms with Crippen LogP contribution in [0.3, 0.4) is 0 Å². The minimum Gasteiger partial charge on any atom is -0.456 e. The lowest BCUT2D eigenvalue weighted by molar-refractivity contribution is 0.110. The summed E-state index contributed by atoms with van der Waals surface area (Å²) in [7, 11) is 0. The molecule has 46 heavy (non-hydrogen) atoms. The van der Waals surface area contributed by atoms with E-state index in [9.17, 15) is 4.79 Å². The second-order valence-corrected chi connectivity index (χ2v) is 11.3. The quantitative estimate of drug-likeness (QED) is 0.102. The SMILES string of the molecule is CCCCCCn1nc2c(-c3ccc(C=O)o3)ccc(-c3ccc(-c4ccc(N(c5ccccc5)c5ccccc5)cc4)o3)c2n1. The van der Waals surface area contributed by atoms with Crippen LogP contribution in [0.5, 0.6) is 0 Å². The molecule has 7 aromatic rings. The highest BCUT2D eigenvalue weighted by molar-refractivity contribution is 5.99. The standard InChI is InChI=1S/C39H34N4O3/c1-2-3-4-11-26-42-40-38-33(36-23-20-32(27-44)45-36)21-22-34(39(38)41-42)37-25-24-35(46-37)28-16-18-31(19-17-28)43(29-12-7-5-8-13-29)30-14-9-6-10-15-30/h5-10,12-25,27H,2-4,11,26H2,1H3. The van der Waals surface area contributed by atoms with Crippen LogP contribution < -0.4 is 4.90 Å². The van der Waals surface area contributed by atoms with E-state index in [1.54, 1.807) is 16.9 Å². The summed E-state index contributed by atoms with van der Waals surface area (Å²) in [6, 6.07) is 40.5. The number of carbonyl (C=O) groups excluding carboxylic acids is 1. The third-order valence-electron chi connectivity index (χ3n) is 8.11. The third kappa shape index (κ3) is 5.87. The summed E-state index contributed by atoms with van der Waals surface area (Å²) in [5.41, 5.74) is 7.28. The van der Waals surface area contributed by atoms with E-state index >= 15 is 0 Å². The van der Waals surface area contributed by atoms with E-state index in [1.807, 2.05) is 36.4 Å². The first-order valence-electron chi connectivity index (χ1n) is 15.8. The summed E-state index contributed by atoms with van der Waals surface area (Å²) in [5.74, 6) is 2.32. The van der Waals surface area contributed by atoms with Gasteiger partial charge in [-0.2, -0.15) is 15.0 Å². The molecular weight excluding hydrogens is 572 g/mol. The fraction of sp³-hybridized carbons (Fsp3) is 0.154. The van der Waals surface area contributed by atoms with Gasteiger partial charge in [0.25, 0.3) is 0 Å². The molecule has 0 spiro atoms. The largest absolute Gasteiger partial charge is 0.456 e. The Bertz CT molecular complexity index is 2020. The number of fused-ring (bicyclic) bond motifs is 1. The van der Waals surface area contributed by atoms with E-state index < -0.39 is 0 Å². The zero-order valence-corrected chi connectivity index (χ0v) is 25.7. The van der Waals surface area contributed by atoms with Crippen LogP contribution in [0.15, 0.2) is 130 Å². The molecule has 0 saturated heterocycles. The Morgan fingerprint density at radius 3 is 1.76 bits per heavy atom. The predicted molar refractivity (Wildman–Crippen MR) is 183 cm³/mol. The lowest BCUT2D eigenvalue weighted by Crippen LogP contribution is -2.09. The van der Waals surface area contributed by atoms with Gasteiger partial charge >= 0.3 is 0 Å². The number of furan rings is 2. The van der Waals surface area contributed by atoms with Crippen LogP contribution in [-0.4, -0.2) is 21.3 Å². The lowest BCUT2D eigenvalue weighted by Gasteiger charge is -2.25. The van der Waals surface area contributed by atoms with Gasteiger partial charge in [0.05, 0.1) is 6.54 Å². The number of aldehydes is 1. The minimum atomic E-state index is 0.275. The van der Waals surface area contributed by atoms with Gasteiger partial charge in [-0.3, -0.25) is 4.79 Å². The topological polar surface area (TPSA) is 77.3 Å². The highest BCUT2D eigenvalue weighted by Gasteiger charge is 2.20. The van der Waals surface area contributed by atoms with Gasteiger partial charge < -0.3 is 13.7 Å². The van der Waals surface area contributed by atoms with Gasteiger partial charge in [0.2, 0.25) is 0 Å². The van der Waals surface area contributed by atoms with Crippen molar-refractivity contribution in [1.82, 2.24) is 15.0 Å². The Balaban J connectivity index is 1.21. The molecule has 4 aromatic carbocycles. The molecule has 7 heteroatoms. The molecule has 7 rings (SSSR count). The number of hydrogen-bond acceptors (Lipinski definition) is 6. The second-order valence-electron chi connectivity index (χ2n) is 11.3. The zero-order valence-electron chi connectivity index (χ0n) is 25.7. The second kappa shape index (κ2) is 13.1. The summed E-state index contributed by atoms with van der Waals surface area (Å²) in [5, 5.41) is 9.76. The van der Waals surface area contributed by atoms with Crippen LogP contribution in [0.25, 0.3) is 45.0 Å². The van der Waals surface area contributed by atoms with E-state index in [2.05, 4.69) is 84.6 Å². The smallest absolute Gasteiger partial charge is 0.185 e. The summed E-state index contributed by atoms with van der Waals surface area (Å²) < 4.78 is 12.2. The normalized spacial score (nSPS) is 11.2. The first-order chi connectivity index (χ1) is 22.7. The van der Waals surface area contributed by atoms with Gasteiger partial charge in [-0.25, -0.2) is 0 Å². The van der Waals surface area contributed by atoms with Crippen molar-refractivity contribution in [2.75, 3.05) is 4.90 Å². The number of hydrogen-bond donors (Lipinski definition) is 0. The molecule has 0 N–H and O–H groups in total. The molecule has 7 nitrogen and oxygen atoms in total. The van der Waals surface area contributed by atoms with Crippen LogP contribution in [-0.2, 0) is 6.54 Å². The van der Waals surface area contributed by atoms with Crippen LogP contribution in [0.1, 0.15) is 43.2 Å². The fourth-order valence-electron chi connectivity index (χ4n) is 5.79. The lowest BCUT2D eigenvalue weighted by atomic mass is 10.1. The Morgan fingerprint density at radius 2 is 1.17 bits per heavy atom. The fourth-order valence-corrected chi connectivity index (χ4v) is 5.79. The molecule has 0 aliphatic carbocycles. The zero-order chi connectivity index (χ0) is 31.3. The average molecular weight is 607 g/mol. The summed E-state index contributed by atoms with van der Waals surface area (Å²) >= 11 is 0. The Kier molecular flexibility index (Phi) is 8.28. The molecule has 3 aromatic heterocycles. The molecule has 0 amide bonds. The third-order valence-corrected chi connectivity index (χ3v) is 8.11. The van der Waals surface area contributed by atoms with E-state index in [0.29, 0.717) is 23.3 Å².